The van der Waals surface area contributed by atoms with Gasteiger partial charge in [-0.2, -0.15) is 5.10 Å². The van der Waals surface area contributed by atoms with Crippen LogP contribution in [0, 0.1) is 10.1 Å². The van der Waals surface area contributed by atoms with Crippen LogP contribution in [0.2, 0.25) is 0 Å². The Balaban J connectivity index is 1.71. The molecule has 0 aliphatic rings. The molecule has 1 N–H and O–H groups in total. The van der Waals surface area contributed by atoms with Crippen molar-refractivity contribution >= 4 is 5.69 Å². The van der Waals surface area contributed by atoms with E-state index < -0.39 is 4.92 Å². The van der Waals surface area contributed by atoms with E-state index in [1.165, 1.54) is 12.1 Å². The lowest BCUT2D eigenvalue weighted by Gasteiger charge is -2.10. The molecule has 2 aromatic carbocycles. The van der Waals surface area contributed by atoms with Gasteiger partial charge >= 0.3 is 0 Å². The largest absolute Gasteiger partial charge is 0.493 e. The zero-order chi connectivity index (χ0) is 20.1. The molecule has 1 heterocycles. The second kappa shape index (κ2) is 8.53. The molecule has 0 bridgehead atoms. The van der Waals surface area contributed by atoms with Crippen molar-refractivity contribution in [2.24, 2.45) is 7.05 Å². The minimum Gasteiger partial charge on any atom is -0.493 e. The number of non-ortho nitro benzene ring substituents is 1. The van der Waals surface area contributed by atoms with E-state index in [9.17, 15) is 10.1 Å². The van der Waals surface area contributed by atoms with Crippen LogP contribution < -0.4 is 14.8 Å². The summed E-state index contributed by atoms with van der Waals surface area (Å²) in [4.78, 5) is 10.4. The monoisotopic (exact) mass is 382 g/mol. The smallest absolute Gasteiger partial charge is 0.269 e. The van der Waals surface area contributed by atoms with Gasteiger partial charge in [0.05, 0.1) is 24.8 Å². The Morgan fingerprint density at radius 2 is 1.79 bits per heavy atom. The first kappa shape index (κ1) is 19.4. The summed E-state index contributed by atoms with van der Waals surface area (Å²) in [5.74, 6) is 1.38. The van der Waals surface area contributed by atoms with Crippen LogP contribution >= 0.6 is 0 Å². The number of hydrogen-bond acceptors (Lipinski definition) is 6. The molecule has 8 heteroatoms. The molecular formula is C20H22N4O4. The molecule has 0 spiro atoms. The van der Waals surface area contributed by atoms with Crippen molar-refractivity contribution in [1.82, 2.24) is 15.1 Å². The van der Waals surface area contributed by atoms with Gasteiger partial charge in [0, 0.05) is 49.6 Å². The fraction of sp³-hybridized carbons (Fsp3) is 0.250. The van der Waals surface area contributed by atoms with E-state index in [2.05, 4.69) is 10.4 Å². The standard InChI is InChI=1S/C20H22N4O4/c1-23-13-16(20(22-23)15-5-7-17(8-6-15)24(25)26)12-21-11-14-4-9-18(27-2)19(10-14)28-3/h4-10,13,21H,11-12H2,1-3H3. The van der Waals surface area contributed by atoms with Crippen LogP contribution in [0.4, 0.5) is 5.69 Å². The van der Waals surface area contributed by atoms with Crippen LogP contribution in [-0.2, 0) is 20.1 Å². The Bertz CT molecular complexity index is 967. The molecule has 0 unspecified atom stereocenters. The number of aryl methyl sites for hydroxylation is 1. The summed E-state index contributed by atoms with van der Waals surface area (Å²) in [5, 5.41) is 18.7. The Labute approximate surface area is 162 Å². The number of nitro groups is 1. The fourth-order valence-corrected chi connectivity index (χ4v) is 2.98. The third kappa shape index (κ3) is 4.29. The highest BCUT2D eigenvalue weighted by Gasteiger charge is 2.12. The van der Waals surface area contributed by atoms with E-state index >= 15 is 0 Å². The zero-order valence-corrected chi connectivity index (χ0v) is 16.0. The lowest BCUT2D eigenvalue weighted by molar-refractivity contribution is -0.384. The second-order valence-electron chi connectivity index (χ2n) is 6.27. The lowest BCUT2D eigenvalue weighted by Crippen LogP contribution is -2.13. The number of nitrogens with zero attached hydrogens (tertiary/aromatic N) is 3. The molecule has 0 saturated heterocycles. The molecule has 0 radical (unpaired) electrons. The quantitative estimate of drug-likeness (QED) is 0.475. The van der Waals surface area contributed by atoms with E-state index in [4.69, 9.17) is 9.47 Å². The Morgan fingerprint density at radius 3 is 2.43 bits per heavy atom. The second-order valence-corrected chi connectivity index (χ2v) is 6.27. The number of methoxy groups -OCH3 is 2. The molecule has 3 rings (SSSR count). The van der Waals surface area contributed by atoms with Gasteiger partial charge in [-0.15, -0.1) is 0 Å². The fourth-order valence-electron chi connectivity index (χ4n) is 2.98. The van der Waals surface area contributed by atoms with Crippen molar-refractivity contribution in [3.63, 3.8) is 0 Å². The molecule has 3 aromatic rings. The summed E-state index contributed by atoms with van der Waals surface area (Å²) in [6, 6.07) is 12.2. The van der Waals surface area contributed by atoms with Crippen molar-refractivity contribution in [2.75, 3.05) is 14.2 Å². The molecule has 0 fully saturated rings. The first-order valence-corrected chi connectivity index (χ1v) is 8.70. The van der Waals surface area contributed by atoms with Gasteiger partial charge in [0.15, 0.2) is 11.5 Å². The molecular weight excluding hydrogens is 360 g/mol. The first-order valence-electron chi connectivity index (χ1n) is 8.70. The summed E-state index contributed by atoms with van der Waals surface area (Å²) in [5.41, 5.74) is 3.79. The Kier molecular flexibility index (Phi) is 5.90. The van der Waals surface area contributed by atoms with Crippen LogP contribution in [0.3, 0.4) is 0 Å². The predicted octanol–water partition coefficient (Wildman–Crippen LogP) is 3.30. The van der Waals surface area contributed by atoms with Crippen molar-refractivity contribution in [3.8, 4) is 22.8 Å². The van der Waals surface area contributed by atoms with Crippen molar-refractivity contribution in [1.29, 1.82) is 0 Å². The summed E-state index contributed by atoms with van der Waals surface area (Å²) in [6.07, 6.45) is 1.94. The highest BCUT2D eigenvalue weighted by Crippen LogP contribution is 2.28. The van der Waals surface area contributed by atoms with Crippen LogP contribution in [0.25, 0.3) is 11.3 Å². The van der Waals surface area contributed by atoms with Gasteiger partial charge in [-0.3, -0.25) is 14.8 Å². The molecule has 28 heavy (non-hydrogen) atoms. The van der Waals surface area contributed by atoms with E-state index in [1.807, 2.05) is 31.4 Å². The summed E-state index contributed by atoms with van der Waals surface area (Å²) < 4.78 is 12.3. The maximum Gasteiger partial charge on any atom is 0.269 e. The molecule has 146 valence electrons. The minimum atomic E-state index is -0.409. The zero-order valence-electron chi connectivity index (χ0n) is 16.0. The summed E-state index contributed by atoms with van der Waals surface area (Å²) in [7, 11) is 5.08. The Morgan fingerprint density at radius 1 is 1.07 bits per heavy atom. The highest BCUT2D eigenvalue weighted by molar-refractivity contribution is 5.64. The van der Waals surface area contributed by atoms with Crippen molar-refractivity contribution in [2.45, 2.75) is 13.1 Å². The average molecular weight is 382 g/mol. The number of nitro benzene ring substituents is 1. The maximum absolute atomic E-state index is 10.8. The molecule has 0 saturated carbocycles. The summed E-state index contributed by atoms with van der Waals surface area (Å²) in [6.45, 7) is 1.25. The lowest BCUT2D eigenvalue weighted by atomic mass is 10.1. The molecule has 0 amide bonds. The van der Waals surface area contributed by atoms with E-state index in [0.717, 1.165) is 22.4 Å². The van der Waals surface area contributed by atoms with Gasteiger partial charge in [0.2, 0.25) is 0 Å². The molecule has 0 aliphatic carbocycles. The third-order valence-corrected chi connectivity index (χ3v) is 4.35. The van der Waals surface area contributed by atoms with E-state index in [1.54, 1.807) is 31.0 Å². The number of nitrogens with one attached hydrogen (secondary N) is 1. The summed E-state index contributed by atoms with van der Waals surface area (Å²) >= 11 is 0. The molecule has 0 aliphatic heterocycles. The molecule has 1 aromatic heterocycles. The Hall–Kier alpha value is -3.39. The topological polar surface area (TPSA) is 91.5 Å². The SMILES string of the molecule is COc1ccc(CNCc2cn(C)nc2-c2ccc([N+](=O)[O-])cc2)cc1OC. The maximum atomic E-state index is 10.8. The van der Waals surface area contributed by atoms with Crippen LogP contribution in [0.15, 0.2) is 48.7 Å². The third-order valence-electron chi connectivity index (χ3n) is 4.35. The van der Waals surface area contributed by atoms with Crippen LogP contribution in [-0.4, -0.2) is 28.9 Å². The number of aromatic nitrogens is 2. The van der Waals surface area contributed by atoms with Crippen LogP contribution in [0.1, 0.15) is 11.1 Å². The van der Waals surface area contributed by atoms with Gasteiger partial charge in [-0.25, -0.2) is 0 Å². The normalized spacial score (nSPS) is 10.7. The van der Waals surface area contributed by atoms with Crippen molar-refractivity contribution < 1.29 is 14.4 Å². The number of benzene rings is 2. The number of rotatable bonds is 8. The number of ether oxygens (including phenoxy) is 2. The molecule has 8 nitrogen and oxygen atoms in total. The van der Waals surface area contributed by atoms with Gasteiger partial charge in [-0.05, 0) is 29.8 Å². The first-order chi connectivity index (χ1) is 13.5. The van der Waals surface area contributed by atoms with E-state index in [-0.39, 0.29) is 5.69 Å². The highest BCUT2D eigenvalue weighted by atomic mass is 16.6. The van der Waals surface area contributed by atoms with Gasteiger partial charge < -0.3 is 14.8 Å². The van der Waals surface area contributed by atoms with Crippen LogP contribution in [0.5, 0.6) is 11.5 Å². The van der Waals surface area contributed by atoms with Gasteiger partial charge in [0.25, 0.3) is 5.69 Å². The predicted molar refractivity (Wildman–Crippen MR) is 105 cm³/mol. The van der Waals surface area contributed by atoms with Gasteiger partial charge in [0.1, 0.15) is 0 Å². The average Bonchev–Trinajstić information content (AvgIpc) is 3.08. The van der Waals surface area contributed by atoms with Crippen molar-refractivity contribution in [3.05, 3.63) is 69.9 Å². The minimum absolute atomic E-state index is 0.0628. The number of hydrogen-bond donors (Lipinski definition) is 1. The van der Waals surface area contributed by atoms with E-state index in [0.29, 0.717) is 24.6 Å². The van der Waals surface area contributed by atoms with Gasteiger partial charge in [-0.1, -0.05) is 6.07 Å². The molecule has 0 atom stereocenters.